The molecule has 0 saturated carbocycles. The summed E-state index contributed by atoms with van der Waals surface area (Å²) in [4.78, 5) is 0. The molecule has 3 heteroatoms. The summed E-state index contributed by atoms with van der Waals surface area (Å²) in [6.07, 6.45) is 0. The monoisotopic (exact) mass is 273 g/mol. The van der Waals surface area contributed by atoms with E-state index in [0.29, 0.717) is 12.2 Å². The van der Waals surface area contributed by atoms with Crippen LogP contribution in [0.15, 0.2) is 42.5 Å². The zero-order valence-corrected chi connectivity index (χ0v) is 12.1. The van der Waals surface area contributed by atoms with Crippen LogP contribution in [0.5, 0.6) is 0 Å². The van der Waals surface area contributed by atoms with E-state index in [1.165, 1.54) is 0 Å². The van der Waals surface area contributed by atoms with Crippen molar-refractivity contribution >= 4 is 5.69 Å². The summed E-state index contributed by atoms with van der Waals surface area (Å²) in [5.74, 6) is -0.163. The molecule has 20 heavy (non-hydrogen) atoms. The number of anilines is 1. The van der Waals surface area contributed by atoms with E-state index in [1.807, 2.05) is 43.3 Å². The number of benzene rings is 2. The predicted octanol–water partition coefficient (Wildman–Crippen LogP) is 4.45. The standard InChI is InChI=1S/C17H20FNO/c1-12-7-8-15(10-17(12)18)13(2)19-16-6-4-5-14(9-16)11-20-3/h4-10,13,19H,11H2,1-3H3. The fourth-order valence-electron chi connectivity index (χ4n) is 2.13. The van der Waals surface area contributed by atoms with Crippen LogP contribution < -0.4 is 5.32 Å². The number of hydrogen-bond acceptors (Lipinski definition) is 2. The lowest BCUT2D eigenvalue weighted by Crippen LogP contribution is -2.07. The molecule has 1 unspecified atom stereocenters. The lowest BCUT2D eigenvalue weighted by Gasteiger charge is -2.17. The van der Waals surface area contributed by atoms with Crippen molar-refractivity contribution in [3.05, 3.63) is 65.0 Å². The van der Waals surface area contributed by atoms with Gasteiger partial charge in [-0.05, 0) is 48.7 Å². The Morgan fingerprint density at radius 2 is 2.00 bits per heavy atom. The van der Waals surface area contributed by atoms with Gasteiger partial charge >= 0.3 is 0 Å². The Bertz CT molecular complexity index is 583. The first-order valence-electron chi connectivity index (χ1n) is 6.70. The van der Waals surface area contributed by atoms with Crippen molar-refractivity contribution in [2.45, 2.75) is 26.5 Å². The summed E-state index contributed by atoms with van der Waals surface area (Å²) in [6.45, 7) is 4.38. The van der Waals surface area contributed by atoms with Gasteiger partial charge < -0.3 is 10.1 Å². The van der Waals surface area contributed by atoms with Crippen LogP contribution in [-0.2, 0) is 11.3 Å². The average Bonchev–Trinajstić information content (AvgIpc) is 2.42. The van der Waals surface area contributed by atoms with Gasteiger partial charge in [0.25, 0.3) is 0 Å². The molecule has 2 aromatic carbocycles. The fraction of sp³-hybridized carbons (Fsp3) is 0.294. The second kappa shape index (κ2) is 6.53. The third kappa shape index (κ3) is 3.58. The van der Waals surface area contributed by atoms with E-state index in [9.17, 15) is 4.39 Å². The SMILES string of the molecule is COCc1cccc(NC(C)c2ccc(C)c(F)c2)c1. The lowest BCUT2D eigenvalue weighted by molar-refractivity contribution is 0.185. The molecular formula is C17H20FNO. The van der Waals surface area contributed by atoms with Crippen LogP contribution in [0.2, 0.25) is 0 Å². The molecule has 1 N–H and O–H groups in total. The Morgan fingerprint density at radius 1 is 1.20 bits per heavy atom. The van der Waals surface area contributed by atoms with Crippen LogP contribution in [0.1, 0.15) is 29.7 Å². The molecule has 0 fully saturated rings. The average molecular weight is 273 g/mol. The van der Waals surface area contributed by atoms with E-state index < -0.39 is 0 Å². The number of halogens is 1. The van der Waals surface area contributed by atoms with E-state index >= 15 is 0 Å². The molecule has 0 aliphatic rings. The second-order valence-corrected chi connectivity index (χ2v) is 5.01. The molecule has 1 atom stereocenters. The first-order valence-corrected chi connectivity index (χ1v) is 6.70. The van der Waals surface area contributed by atoms with Crippen LogP contribution in [0.3, 0.4) is 0 Å². The smallest absolute Gasteiger partial charge is 0.126 e. The maximum absolute atomic E-state index is 13.6. The van der Waals surface area contributed by atoms with Gasteiger partial charge in [-0.2, -0.15) is 0 Å². The van der Waals surface area contributed by atoms with E-state index in [-0.39, 0.29) is 11.9 Å². The van der Waals surface area contributed by atoms with Crippen molar-refractivity contribution in [3.8, 4) is 0 Å². The van der Waals surface area contributed by atoms with Gasteiger partial charge in [-0.1, -0.05) is 24.3 Å². The number of rotatable bonds is 5. The zero-order chi connectivity index (χ0) is 14.5. The molecule has 0 saturated heterocycles. The third-order valence-electron chi connectivity index (χ3n) is 3.32. The summed E-state index contributed by atoms with van der Waals surface area (Å²) in [6, 6.07) is 13.4. The van der Waals surface area contributed by atoms with Crippen LogP contribution in [0, 0.1) is 12.7 Å². The molecule has 0 aliphatic carbocycles. The van der Waals surface area contributed by atoms with E-state index in [2.05, 4.69) is 5.32 Å². The molecule has 0 spiro atoms. The number of hydrogen-bond donors (Lipinski definition) is 1. The van der Waals surface area contributed by atoms with Crippen molar-refractivity contribution < 1.29 is 9.13 Å². The lowest BCUT2D eigenvalue weighted by atomic mass is 10.1. The molecule has 2 nitrogen and oxygen atoms in total. The third-order valence-corrected chi connectivity index (χ3v) is 3.32. The quantitative estimate of drug-likeness (QED) is 0.868. The number of nitrogens with one attached hydrogen (secondary N) is 1. The van der Waals surface area contributed by atoms with Gasteiger partial charge in [0.05, 0.1) is 6.61 Å². The number of ether oxygens (including phenoxy) is 1. The van der Waals surface area contributed by atoms with Crippen molar-refractivity contribution in [1.29, 1.82) is 0 Å². The van der Waals surface area contributed by atoms with Crippen LogP contribution in [0.4, 0.5) is 10.1 Å². The Balaban J connectivity index is 2.12. The van der Waals surface area contributed by atoms with Crippen molar-refractivity contribution in [2.24, 2.45) is 0 Å². The summed E-state index contributed by atoms with van der Waals surface area (Å²) >= 11 is 0. The van der Waals surface area contributed by atoms with E-state index in [1.54, 1.807) is 20.1 Å². The van der Waals surface area contributed by atoms with Crippen LogP contribution in [-0.4, -0.2) is 7.11 Å². The van der Waals surface area contributed by atoms with Crippen molar-refractivity contribution in [3.63, 3.8) is 0 Å². The minimum atomic E-state index is -0.163. The molecular weight excluding hydrogens is 253 g/mol. The van der Waals surface area contributed by atoms with Crippen LogP contribution >= 0.6 is 0 Å². The van der Waals surface area contributed by atoms with E-state index in [0.717, 1.165) is 16.8 Å². The minimum Gasteiger partial charge on any atom is -0.380 e. The maximum Gasteiger partial charge on any atom is 0.126 e. The molecule has 2 rings (SSSR count). The largest absolute Gasteiger partial charge is 0.380 e. The highest BCUT2D eigenvalue weighted by Crippen LogP contribution is 2.22. The predicted molar refractivity (Wildman–Crippen MR) is 80.3 cm³/mol. The Labute approximate surface area is 119 Å². The Hall–Kier alpha value is -1.87. The topological polar surface area (TPSA) is 21.3 Å². The number of methoxy groups -OCH3 is 1. The molecule has 0 aromatic heterocycles. The van der Waals surface area contributed by atoms with Crippen LogP contribution in [0.25, 0.3) is 0 Å². The first kappa shape index (κ1) is 14.5. The molecule has 0 aliphatic heterocycles. The molecule has 0 amide bonds. The first-order chi connectivity index (χ1) is 9.60. The fourth-order valence-corrected chi connectivity index (χ4v) is 2.13. The molecule has 2 aromatic rings. The van der Waals surface area contributed by atoms with Gasteiger partial charge in [-0.15, -0.1) is 0 Å². The summed E-state index contributed by atoms with van der Waals surface area (Å²) in [5, 5.41) is 3.38. The molecule has 0 bridgehead atoms. The van der Waals surface area contributed by atoms with Gasteiger partial charge in [0.2, 0.25) is 0 Å². The summed E-state index contributed by atoms with van der Waals surface area (Å²) in [7, 11) is 1.68. The highest BCUT2D eigenvalue weighted by atomic mass is 19.1. The maximum atomic E-state index is 13.6. The molecule has 0 heterocycles. The Kier molecular flexibility index (Phi) is 4.74. The van der Waals surface area contributed by atoms with Crippen molar-refractivity contribution in [1.82, 2.24) is 0 Å². The van der Waals surface area contributed by atoms with Gasteiger partial charge in [0.15, 0.2) is 0 Å². The minimum absolute atomic E-state index is 0.0443. The van der Waals surface area contributed by atoms with Gasteiger partial charge in [-0.3, -0.25) is 0 Å². The Morgan fingerprint density at radius 3 is 2.70 bits per heavy atom. The molecule has 0 radical (unpaired) electrons. The second-order valence-electron chi connectivity index (χ2n) is 5.01. The zero-order valence-electron chi connectivity index (χ0n) is 12.1. The number of aryl methyl sites for hydroxylation is 1. The summed E-state index contributed by atoms with van der Waals surface area (Å²) < 4.78 is 18.7. The van der Waals surface area contributed by atoms with Gasteiger partial charge in [0.1, 0.15) is 5.82 Å². The van der Waals surface area contributed by atoms with Crippen molar-refractivity contribution in [2.75, 3.05) is 12.4 Å². The highest BCUT2D eigenvalue weighted by molar-refractivity contribution is 5.47. The molecule has 106 valence electrons. The summed E-state index contributed by atoms with van der Waals surface area (Å²) in [5.41, 5.74) is 3.72. The van der Waals surface area contributed by atoms with E-state index in [4.69, 9.17) is 4.74 Å². The normalized spacial score (nSPS) is 12.2. The van der Waals surface area contributed by atoms with Gasteiger partial charge in [-0.25, -0.2) is 4.39 Å². The van der Waals surface area contributed by atoms with Gasteiger partial charge in [0, 0.05) is 18.8 Å². The highest BCUT2D eigenvalue weighted by Gasteiger charge is 2.08.